The molecule has 0 aliphatic heterocycles. The molecular formula is C20H17ClN2O3S. The Morgan fingerprint density at radius 1 is 1.07 bits per heavy atom. The number of furan rings is 1. The highest BCUT2D eigenvalue weighted by atomic mass is 35.5. The van der Waals surface area contributed by atoms with Crippen LogP contribution in [0, 0.1) is 0 Å². The lowest BCUT2D eigenvalue weighted by Gasteiger charge is -2.08. The smallest absolute Gasteiger partial charge is 0.301 e. The third kappa shape index (κ3) is 3.27. The van der Waals surface area contributed by atoms with Crippen molar-refractivity contribution in [1.82, 2.24) is 9.29 Å². The van der Waals surface area contributed by atoms with E-state index in [2.05, 4.69) is 5.32 Å². The minimum atomic E-state index is -3.90. The van der Waals surface area contributed by atoms with Crippen LogP contribution < -0.4 is 5.32 Å². The van der Waals surface area contributed by atoms with Gasteiger partial charge in [0.1, 0.15) is 5.58 Å². The highest BCUT2D eigenvalue weighted by Gasteiger charge is 2.25. The number of rotatable bonds is 5. The Balaban J connectivity index is 1.89. The topological polar surface area (TPSA) is 64.2 Å². The minimum Gasteiger partial charge on any atom is -0.443 e. The summed E-state index contributed by atoms with van der Waals surface area (Å²) in [5.74, 6) is 0. The van der Waals surface area contributed by atoms with Crippen molar-refractivity contribution in [2.75, 3.05) is 7.05 Å². The molecule has 0 unspecified atom stereocenters. The second-order valence-corrected chi connectivity index (χ2v) is 8.36. The molecule has 2 heterocycles. The number of nitrogens with zero attached hydrogens (tertiary/aromatic N) is 1. The van der Waals surface area contributed by atoms with Crippen LogP contribution in [0.25, 0.3) is 22.2 Å². The Morgan fingerprint density at radius 3 is 2.52 bits per heavy atom. The average molecular weight is 401 g/mol. The summed E-state index contributed by atoms with van der Waals surface area (Å²) in [6.45, 7) is 0.545. The highest BCUT2D eigenvalue weighted by Crippen LogP contribution is 2.30. The zero-order valence-corrected chi connectivity index (χ0v) is 16.1. The van der Waals surface area contributed by atoms with Crippen molar-refractivity contribution < 1.29 is 12.8 Å². The third-order valence-corrected chi connectivity index (χ3v) is 6.06. The van der Waals surface area contributed by atoms with Crippen LogP contribution in [0.5, 0.6) is 0 Å². The first-order valence-corrected chi connectivity index (χ1v) is 10.2. The van der Waals surface area contributed by atoms with Crippen LogP contribution in [0.3, 0.4) is 0 Å². The van der Waals surface area contributed by atoms with Gasteiger partial charge >= 0.3 is 10.0 Å². The van der Waals surface area contributed by atoms with Crippen LogP contribution in [-0.2, 0) is 16.6 Å². The molecule has 0 aliphatic rings. The van der Waals surface area contributed by atoms with E-state index < -0.39 is 10.0 Å². The molecule has 27 heavy (non-hydrogen) atoms. The summed E-state index contributed by atoms with van der Waals surface area (Å²) in [5, 5.41) is 4.29. The van der Waals surface area contributed by atoms with Gasteiger partial charge in [-0.05, 0) is 42.4 Å². The van der Waals surface area contributed by atoms with Gasteiger partial charge < -0.3 is 9.73 Å². The summed E-state index contributed by atoms with van der Waals surface area (Å²) in [7, 11) is -2.09. The zero-order valence-electron chi connectivity index (χ0n) is 14.5. The number of nitrogens with one attached hydrogen (secondary N) is 1. The van der Waals surface area contributed by atoms with Gasteiger partial charge in [-0.2, -0.15) is 8.42 Å². The predicted octanol–water partition coefficient (Wildman–Crippen LogP) is 4.51. The first-order valence-electron chi connectivity index (χ1n) is 8.35. The Morgan fingerprint density at radius 2 is 1.81 bits per heavy atom. The maximum Gasteiger partial charge on any atom is 0.301 e. The fourth-order valence-corrected chi connectivity index (χ4v) is 4.49. The molecule has 0 radical (unpaired) electrons. The molecule has 0 saturated carbocycles. The Labute approximate surface area is 162 Å². The fourth-order valence-electron chi connectivity index (χ4n) is 3.01. The van der Waals surface area contributed by atoms with E-state index in [0.717, 1.165) is 16.5 Å². The molecule has 0 saturated heterocycles. The summed E-state index contributed by atoms with van der Waals surface area (Å²) >= 11 is 5.97. The lowest BCUT2D eigenvalue weighted by molar-refractivity contribution is 0.478. The minimum absolute atomic E-state index is 0.0921. The van der Waals surface area contributed by atoms with Crippen molar-refractivity contribution >= 4 is 32.6 Å². The number of hydrogen-bond donors (Lipinski definition) is 1. The fraction of sp³-hybridized carbons (Fsp3) is 0.100. The number of hydrogen-bond acceptors (Lipinski definition) is 4. The van der Waals surface area contributed by atoms with Crippen LogP contribution in [0.1, 0.15) is 5.56 Å². The molecule has 138 valence electrons. The molecule has 7 heteroatoms. The summed E-state index contributed by atoms with van der Waals surface area (Å²) < 4.78 is 33.5. The Kier molecular flexibility index (Phi) is 4.55. The van der Waals surface area contributed by atoms with E-state index in [1.807, 2.05) is 31.3 Å². The maximum absolute atomic E-state index is 13.3. The summed E-state index contributed by atoms with van der Waals surface area (Å²) in [5.41, 5.74) is 2.69. The molecule has 0 fully saturated rings. The quantitative estimate of drug-likeness (QED) is 0.535. The number of halogens is 1. The van der Waals surface area contributed by atoms with Crippen molar-refractivity contribution in [3.8, 4) is 11.3 Å². The lowest BCUT2D eigenvalue weighted by atomic mass is 10.1. The van der Waals surface area contributed by atoms with E-state index in [0.29, 0.717) is 22.8 Å². The molecule has 0 atom stereocenters. The Bertz CT molecular complexity index is 1170. The predicted molar refractivity (Wildman–Crippen MR) is 106 cm³/mol. The molecule has 2 aromatic carbocycles. The first kappa shape index (κ1) is 17.9. The molecule has 4 aromatic rings. The van der Waals surface area contributed by atoms with Gasteiger partial charge in [-0.3, -0.25) is 0 Å². The molecule has 5 nitrogen and oxygen atoms in total. The van der Waals surface area contributed by atoms with E-state index >= 15 is 0 Å². The number of fused-ring (bicyclic) bond motifs is 1. The summed E-state index contributed by atoms with van der Waals surface area (Å²) in [4.78, 5) is 0. The largest absolute Gasteiger partial charge is 0.443 e. The number of benzene rings is 2. The number of para-hydroxylation sites is 1. The molecule has 0 aliphatic carbocycles. The van der Waals surface area contributed by atoms with Gasteiger partial charge in [-0.1, -0.05) is 41.9 Å². The van der Waals surface area contributed by atoms with E-state index in [1.165, 1.54) is 3.97 Å². The van der Waals surface area contributed by atoms with Crippen molar-refractivity contribution in [2.24, 2.45) is 0 Å². The third-order valence-electron chi connectivity index (χ3n) is 4.28. The normalized spacial score (nSPS) is 11.9. The molecule has 1 N–H and O–H groups in total. The Hall–Kier alpha value is -2.54. The molecule has 4 rings (SSSR count). The SMILES string of the molecule is CNCc1cc(-c2ccc(Cl)cc2)n(S(=O)(=O)c2cc3ccccc3o2)c1. The number of aromatic nitrogens is 1. The monoisotopic (exact) mass is 400 g/mol. The van der Waals surface area contributed by atoms with E-state index in [-0.39, 0.29) is 5.09 Å². The zero-order chi connectivity index (χ0) is 19.0. The molecule has 0 spiro atoms. The average Bonchev–Trinajstić information content (AvgIpc) is 3.27. The van der Waals surface area contributed by atoms with Crippen LogP contribution in [0.2, 0.25) is 5.02 Å². The van der Waals surface area contributed by atoms with Crippen LogP contribution >= 0.6 is 11.6 Å². The van der Waals surface area contributed by atoms with E-state index in [9.17, 15) is 8.42 Å². The molecule has 0 amide bonds. The molecule has 2 aromatic heterocycles. The van der Waals surface area contributed by atoms with E-state index in [4.69, 9.17) is 16.0 Å². The van der Waals surface area contributed by atoms with Gasteiger partial charge in [0.2, 0.25) is 5.09 Å². The van der Waals surface area contributed by atoms with Gasteiger partial charge in [0, 0.05) is 29.2 Å². The van der Waals surface area contributed by atoms with E-state index in [1.54, 1.807) is 42.6 Å². The first-order chi connectivity index (χ1) is 13.0. The van der Waals surface area contributed by atoms with Crippen molar-refractivity contribution in [3.05, 3.63) is 77.4 Å². The standard InChI is InChI=1S/C20H17ClN2O3S/c1-22-12-14-10-18(15-6-8-17(21)9-7-15)23(13-14)27(24,25)20-11-16-4-2-3-5-19(16)26-20/h2-11,13,22H,12H2,1H3. The van der Waals surface area contributed by atoms with Crippen molar-refractivity contribution in [3.63, 3.8) is 0 Å². The maximum atomic E-state index is 13.3. The lowest BCUT2D eigenvalue weighted by Crippen LogP contribution is -2.12. The summed E-state index contributed by atoms with van der Waals surface area (Å²) in [6, 6.07) is 17.7. The second kappa shape index (κ2) is 6.88. The van der Waals surface area contributed by atoms with Gasteiger partial charge in [0.25, 0.3) is 0 Å². The van der Waals surface area contributed by atoms with Gasteiger partial charge in [0.05, 0.1) is 5.69 Å². The summed E-state index contributed by atoms with van der Waals surface area (Å²) in [6.07, 6.45) is 1.61. The van der Waals surface area contributed by atoms with Gasteiger partial charge in [-0.15, -0.1) is 0 Å². The van der Waals surface area contributed by atoms with Crippen molar-refractivity contribution in [1.29, 1.82) is 0 Å². The van der Waals surface area contributed by atoms with Gasteiger partial charge in [0.15, 0.2) is 0 Å². The van der Waals surface area contributed by atoms with Crippen LogP contribution in [-0.4, -0.2) is 19.4 Å². The molecular weight excluding hydrogens is 384 g/mol. The van der Waals surface area contributed by atoms with Crippen LogP contribution in [0.4, 0.5) is 0 Å². The second-order valence-electron chi connectivity index (χ2n) is 6.17. The highest BCUT2D eigenvalue weighted by molar-refractivity contribution is 7.89. The van der Waals surface area contributed by atoms with Gasteiger partial charge in [-0.25, -0.2) is 3.97 Å². The van der Waals surface area contributed by atoms with Crippen molar-refractivity contribution in [2.45, 2.75) is 11.6 Å². The molecule has 0 bridgehead atoms. The van der Waals surface area contributed by atoms with Crippen LogP contribution in [0.15, 0.2) is 76.4 Å².